The van der Waals surface area contributed by atoms with E-state index >= 15 is 0 Å². The van der Waals surface area contributed by atoms with Gasteiger partial charge in [-0.15, -0.1) is 5.10 Å². The largest absolute Gasteiger partial charge is 0.303 e. The Bertz CT molecular complexity index is 782. The van der Waals surface area contributed by atoms with Crippen LogP contribution in [-0.2, 0) is 11.2 Å². The van der Waals surface area contributed by atoms with E-state index in [9.17, 15) is 4.79 Å². The molecule has 0 spiro atoms. The van der Waals surface area contributed by atoms with E-state index in [2.05, 4.69) is 41.5 Å². The molecule has 0 aromatic heterocycles. The van der Waals surface area contributed by atoms with E-state index in [0.717, 1.165) is 11.1 Å². The third-order valence-corrected chi connectivity index (χ3v) is 5.07. The number of carbonyl (C=O) groups is 1. The topological polar surface area (TPSA) is 53.8 Å². The van der Waals surface area contributed by atoms with E-state index in [-0.39, 0.29) is 11.2 Å². The number of amidine groups is 1. The Kier molecular flexibility index (Phi) is 5.66. The van der Waals surface area contributed by atoms with Crippen LogP contribution in [0.25, 0.3) is 0 Å². The Labute approximate surface area is 152 Å². The molecule has 0 saturated carbocycles. The second-order valence-corrected chi connectivity index (χ2v) is 7.45. The van der Waals surface area contributed by atoms with E-state index < -0.39 is 0 Å². The van der Waals surface area contributed by atoms with Gasteiger partial charge < -0.3 is 5.32 Å². The Balaban J connectivity index is 1.59. The smallest absolute Gasteiger partial charge is 0.239 e. The number of thioether (sulfide) groups is 1. The minimum Gasteiger partial charge on any atom is -0.303 e. The van der Waals surface area contributed by atoms with E-state index in [1.165, 1.54) is 17.3 Å². The van der Waals surface area contributed by atoms with Crippen molar-refractivity contribution in [3.05, 3.63) is 71.3 Å². The van der Waals surface area contributed by atoms with Gasteiger partial charge in [-0.2, -0.15) is 5.10 Å². The van der Waals surface area contributed by atoms with Gasteiger partial charge in [0, 0.05) is 0 Å². The summed E-state index contributed by atoms with van der Waals surface area (Å²) in [6.07, 6.45) is 2.39. The summed E-state index contributed by atoms with van der Waals surface area (Å²) in [4.78, 5) is 12.1. The molecule has 1 aliphatic heterocycles. The first-order valence-corrected chi connectivity index (χ1v) is 9.22. The zero-order chi connectivity index (χ0) is 17.6. The van der Waals surface area contributed by atoms with Gasteiger partial charge in [0.2, 0.25) is 5.91 Å². The van der Waals surface area contributed by atoms with Crippen LogP contribution in [0.1, 0.15) is 36.5 Å². The molecule has 4 nitrogen and oxygen atoms in total. The van der Waals surface area contributed by atoms with E-state index in [4.69, 9.17) is 0 Å². The van der Waals surface area contributed by atoms with Crippen LogP contribution in [0.4, 0.5) is 0 Å². The summed E-state index contributed by atoms with van der Waals surface area (Å²) in [5.41, 5.74) is 3.43. The average Bonchev–Trinajstić information content (AvgIpc) is 2.96. The van der Waals surface area contributed by atoms with Crippen LogP contribution in [0.2, 0.25) is 0 Å². The molecule has 5 heteroatoms. The minimum atomic E-state index is -0.151. The van der Waals surface area contributed by atoms with Crippen LogP contribution < -0.4 is 5.32 Å². The molecule has 2 aromatic carbocycles. The van der Waals surface area contributed by atoms with Crippen molar-refractivity contribution in [3.63, 3.8) is 0 Å². The van der Waals surface area contributed by atoms with Crippen molar-refractivity contribution < 1.29 is 4.79 Å². The van der Waals surface area contributed by atoms with Crippen LogP contribution in [0.3, 0.4) is 0 Å². The first-order chi connectivity index (χ1) is 12.1. The predicted octanol–water partition coefficient (Wildman–Crippen LogP) is 3.97. The van der Waals surface area contributed by atoms with Gasteiger partial charge in [-0.1, -0.05) is 80.2 Å². The molecular formula is C20H21N3OS. The predicted molar refractivity (Wildman–Crippen MR) is 105 cm³/mol. The Hall–Kier alpha value is -2.40. The number of hydrogen-bond acceptors (Lipinski definition) is 4. The summed E-state index contributed by atoms with van der Waals surface area (Å²) in [7, 11) is 0. The summed E-state index contributed by atoms with van der Waals surface area (Å²) in [6.45, 7) is 4.34. The van der Waals surface area contributed by atoms with E-state index in [0.29, 0.717) is 17.5 Å². The highest BCUT2D eigenvalue weighted by molar-refractivity contribution is 8.15. The van der Waals surface area contributed by atoms with E-state index in [1.807, 2.05) is 42.5 Å². The van der Waals surface area contributed by atoms with Crippen molar-refractivity contribution in [3.8, 4) is 0 Å². The fourth-order valence-corrected chi connectivity index (χ4v) is 3.49. The van der Waals surface area contributed by atoms with Gasteiger partial charge in [0.15, 0.2) is 5.17 Å². The Morgan fingerprint density at radius 3 is 2.52 bits per heavy atom. The van der Waals surface area contributed by atoms with Crippen molar-refractivity contribution in [1.29, 1.82) is 0 Å². The first kappa shape index (κ1) is 17.4. The molecule has 1 amide bonds. The zero-order valence-electron chi connectivity index (χ0n) is 14.3. The lowest BCUT2D eigenvalue weighted by Gasteiger charge is -2.04. The summed E-state index contributed by atoms with van der Waals surface area (Å²) in [5.74, 6) is 0.502. The van der Waals surface area contributed by atoms with Crippen molar-refractivity contribution in [2.24, 2.45) is 10.2 Å². The highest BCUT2D eigenvalue weighted by atomic mass is 32.2. The lowest BCUT2D eigenvalue weighted by Crippen LogP contribution is -2.25. The molecule has 1 atom stereocenters. The normalized spacial score (nSPS) is 19.1. The molecule has 3 rings (SSSR count). The zero-order valence-corrected chi connectivity index (χ0v) is 15.2. The van der Waals surface area contributed by atoms with Gasteiger partial charge >= 0.3 is 0 Å². The van der Waals surface area contributed by atoms with Crippen molar-refractivity contribution >= 4 is 29.1 Å². The fourth-order valence-electron chi connectivity index (χ4n) is 2.53. The third kappa shape index (κ3) is 4.79. The monoisotopic (exact) mass is 351 g/mol. The molecular weight excluding hydrogens is 330 g/mol. The number of nitrogens with one attached hydrogen (secondary N) is 1. The molecule has 1 unspecified atom stereocenters. The summed E-state index contributed by atoms with van der Waals surface area (Å²) >= 11 is 1.43. The molecule has 2 aromatic rings. The minimum absolute atomic E-state index is 0.0101. The van der Waals surface area contributed by atoms with Gasteiger partial charge in [0.25, 0.3) is 0 Å². The number of amides is 1. The molecule has 0 bridgehead atoms. The number of nitrogens with zero attached hydrogens (tertiary/aromatic N) is 2. The first-order valence-electron chi connectivity index (χ1n) is 8.34. The molecule has 25 heavy (non-hydrogen) atoms. The van der Waals surface area contributed by atoms with Crippen molar-refractivity contribution in [2.75, 3.05) is 0 Å². The van der Waals surface area contributed by atoms with Crippen molar-refractivity contribution in [1.82, 2.24) is 5.32 Å². The highest BCUT2D eigenvalue weighted by Crippen LogP contribution is 2.23. The third-order valence-electron chi connectivity index (χ3n) is 4.00. The molecule has 128 valence electrons. The van der Waals surface area contributed by atoms with E-state index in [1.54, 1.807) is 6.21 Å². The number of carbonyl (C=O) groups excluding carboxylic acids is 1. The van der Waals surface area contributed by atoms with Crippen LogP contribution in [-0.4, -0.2) is 22.5 Å². The van der Waals surface area contributed by atoms with Crippen LogP contribution in [0.5, 0.6) is 0 Å². The number of benzene rings is 2. The van der Waals surface area contributed by atoms with Gasteiger partial charge in [-0.3, -0.25) is 4.79 Å². The molecule has 1 N–H and O–H groups in total. The van der Waals surface area contributed by atoms with Crippen molar-refractivity contribution in [2.45, 2.75) is 31.4 Å². The second-order valence-electron chi connectivity index (χ2n) is 6.26. The lowest BCUT2D eigenvalue weighted by molar-refractivity contribution is -0.118. The van der Waals surface area contributed by atoms with Crippen LogP contribution in [0.15, 0.2) is 64.8 Å². The Morgan fingerprint density at radius 1 is 1.12 bits per heavy atom. The summed E-state index contributed by atoms with van der Waals surface area (Å²) < 4.78 is 0. The van der Waals surface area contributed by atoms with Gasteiger partial charge in [-0.05, 0) is 29.0 Å². The number of rotatable bonds is 5. The van der Waals surface area contributed by atoms with Crippen LogP contribution in [0, 0.1) is 0 Å². The quantitative estimate of drug-likeness (QED) is 0.654. The molecule has 0 radical (unpaired) electrons. The Morgan fingerprint density at radius 2 is 1.84 bits per heavy atom. The standard InChI is InChI=1S/C20H21N3OS/c1-14(2)17-10-8-16(9-11-17)13-21-23-20-22-19(24)18(25-20)12-15-6-4-3-5-7-15/h3-11,13-14,18H,12H2,1-2H3,(H,22,23,24)/b21-13-. The fraction of sp³-hybridized carbons (Fsp3) is 0.250. The molecule has 1 fully saturated rings. The SMILES string of the molecule is CC(C)c1ccc(/C=N\N=C2/NC(=O)C(Cc3ccccc3)S2)cc1. The maximum absolute atomic E-state index is 12.1. The molecule has 1 heterocycles. The van der Waals surface area contributed by atoms with Gasteiger partial charge in [0.1, 0.15) is 0 Å². The maximum atomic E-state index is 12.1. The van der Waals surface area contributed by atoms with Gasteiger partial charge in [0.05, 0.1) is 11.5 Å². The van der Waals surface area contributed by atoms with Gasteiger partial charge in [-0.25, -0.2) is 0 Å². The summed E-state index contributed by atoms with van der Waals surface area (Å²) in [6, 6.07) is 18.2. The van der Waals surface area contributed by atoms with Crippen LogP contribution >= 0.6 is 11.8 Å². The second kappa shape index (κ2) is 8.12. The molecule has 0 aliphatic carbocycles. The number of hydrogen-bond donors (Lipinski definition) is 1. The maximum Gasteiger partial charge on any atom is 0.239 e. The highest BCUT2D eigenvalue weighted by Gasteiger charge is 2.30. The summed E-state index contributed by atoms with van der Waals surface area (Å²) in [5, 5.41) is 11.4. The average molecular weight is 351 g/mol. The molecule has 1 aliphatic rings. The lowest BCUT2D eigenvalue weighted by atomic mass is 10.0. The molecule has 1 saturated heterocycles.